The van der Waals surface area contributed by atoms with Crippen LogP contribution in [0, 0.1) is 29.1 Å². The molecule has 0 aromatic heterocycles. The molecule has 2 N–H and O–H groups in total. The number of rotatable bonds is 6. The van der Waals surface area contributed by atoms with Crippen LogP contribution in [0.5, 0.6) is 0 Å². The highest BCUT2D eigenvalue weighted by Crippen LogP contribution is 2.73. The van der Waals surface area contributed by atoms with Gasteiger partial charge in [-0.15, -0.1) is 11.8 Å². The number of aliphatic imine (C=N–C) groups is 1. The van der Waals surface area contributed by atoms with E-state index in [9.17, 15) is 0 Å². The van der Waals surface area contributed by atoms with Crippen molar-refractivity contribution in [3.63, 3.8) is 0 Å². The highest BCUT2D eigenvalue weighted by atomic mass is 32.2. The number of thioether (sulfide) groups is 1. The molecular formula is C30H36N2S2. The maximum Gasteiger partial charge on any atom is 0.109 e. The topological polar surface area (TPSA) is 38.4 Å². The summed E-state index contributed by atoms with van der Waals surface area (Å²) in [5, 5.41) is 0.648. The molecule has 7 rings (SSSR count). The van der Waals surface area contributed by atoms with Gasteiger partial charge in [-0.05, 0) is 105 Å². The van der Waals surface area contributed by atoms with E-state index < -0.39 is 0 Å². The lowest BCUT2D eigenvalue weighted by atomic mass is 9.63. The van der Waals surface area contributed by atoms with Crippen molar-refractivity contribution in [3.05, 3.63) is 66.2 Å². The van der Waals surface area contributed by atoms with Crippen LogP contribution in [0.1, 0.15) is 56.9 Å². The third-order valence-corrected chi connectivity index (χ3v) is 11.6. The Labute approximate surface area is 214 Å². The largest absolute Gasteiger partial charge is 0.330 e. The summed E-state index contributed by atoms with van der Waals surface area (Å²) in [6.45, 7) is 0.830. The molecule has 0 amide bonds. The van der Waals surface area contributed by atoms with Gasteiger partial charge in [0.2, 0.25) is 0 Å². The van der Waals surface area contributed by atoms with Gasteiger partial charge in [-0.2, -0.15) is 0 Å². The summed E-state index contributed by atoms with van der Waals surface area (Å²) in [5.74, 6) is 2.61. The van der Waals surface area contributed by atoms with Crippen LogP contribution >= 0.6 is 24.0 Å². The number of benzene rings is 2. The fourth-order valence-corrected chi connectivity index (χ4v) is 9.90. The molecule has 5 aliphatic rings. The van der Waals surface area contributed by atoms with Crippen LogP contribution in [0.2, 0.25) is 0 Å². The Balaban J connectivity index is 1.27. The molecule has 5 aliphatic carbocycles. The molecule has 5 fully saturated rings. The lowest BCUT2D eigenvalue weighted by Gasteiger charge is -2.43. The average Bonchev–Trinajstić information content (AvgIpc) is 3.26. The smallest absolute Gasteiger partial charge is 0.109 e. The molecule has 178 valence electrons. The molecule has 34 heavy (non-hydrogen) atoms. The summed E-state index contributed by atoms with van der Waals surface area (Å²) in [6.07, 6.45) is 12.1. The molecule has 4 heteroatoms. The molecular weight excluding hydrogens is 452 g/mol. The number of nitrogens with two attached hydrogens (primary N) is 1. The van der Waals surface area contributed by atoms with Crippen molar-refractivity contribution >= 4 is 35.2 Å². The van der Waals surface area contributed by atoms with Crippen LogP contribution in [0.25, 0.3) is 0 Å². The van der Waals surface area contributed by atoms with Crippen molar-refractivity contribution in [2.24, 2.45) is 39.8 Å². The molecule has 5 saturated carbocycles. The van der Waals surface area contributed by atoms with Crippen molar-refractivity contribution < 1.29 is 0 Å². The van der Waals surface area contributed by atoms with E-state index in [1.54, 1.807) is 0 Å². The van der Waals surface area contributed by atoms with Gasteiger partial charge in [0.15, 0.2) is 0 Å². The van der Waals surface area contributed by atoms with Crippen LogP contribution in [-0.4, -0.2) is 23.0 Å². The summed E-state index contributed by atoms with van der Waals surface area (Å²) in [5.41, 5.74) is 7.80. The summed E-state index contributed by atoms with van der Waals surface area (Å²) in [6, 6.07) is 22.3. The Morgan fingerprint density at radius 2 is 1.68 bits per heavy atom. The molecule has 0 aliphatic heterocycles. The predicted octanol–water partition coefficient (Wildman–Crippen LogP) is 7.07. The normalized spacial score (nSPS) is 38.6. The number of hydrogen-bond donors (Lipinski definition) is 1. The first kappa shape index (κ1) is 22.9. The Bertz CT molecular complexity index is 1050. The van der Waals surface area contributed by atoms with Gasteiger partial charge in [-0.1, -0.05) is 60.7 Å². The van der Waals surface area contributed by atoms with Crippen molar-refractivity contribution in [2.45, 2.75) is 66.9 Å². The standard InChI is InChI=1S/C30H36N2S2/c31-18-21-11-13-22(14-12-21)19-32-28(33)30-16-23-15-29(20-30,24-7-3-1-4-8-24)17-26(30)27(23)34-25-9-5-2-6-10-25/h1-10,19,21-23,26-27H,11-18,20,31H2/b32-19+. The van der Waals surface area contributed by atoms with Gasteiger partial charge in [0.05, 0.1) is 0 Å². The van der Waals surface area contributed by atoms with E-state index in [2.05, 4.69) is 78.6 Å². The molecule has 4 bridgehead atoms. The maximum absolute atomic E-state index is 6.22. The third kappa shape index (κ3) is 3.90. The highest BCUT2D eigenvalue weighted by molar-refractivity contribution is 8.00. The van der Waals surface area contributed by atoms with Crippen LogP contribution in [0.4, 0.5) is 0 Å². The average molecular weight is 489 g/mol. The van der Waals surface area contributed by atoms with Gasteiger partial charge in [0.1, 0.15) is 4.99 Å². The van der Waals surface area contributed by atoms with E-state index in [1.807, 2.05) is 0 Å². The quantitative estimate of drug-likeness (QED) is 0.349. The lowest BCUT2D eigenvalue weighted by Crippen LogP contribution is -2.38. The van der Waals surface area contributed by atoms with Gasteiger partial charge in [-0.3, -0.25) is 4.99 Å². The zero-order valence-corrected chi connectivity index (χ0v) is 21.6. The lowest BCUT2D eigenvalue weighted by molar-refractivity contribution is 0.221. The Kier molecular flexibility index (Phi) is 6.20. The minimum absolute atomic E-state index is 0.0888. The third-order valence-electron chi connectivity index (χ3n) is 9.57. The zero-order valence-electron chi connectivity index (χ0n) is 19.9. The molecule has 5 unspecified atom stereocenters. The van der Waals surface area contributed by atoms with Gasteiger partial charge >= 0.3 is 0 Å². The first-order valence-corrected chi connectivity index (χ1v) is 14.5. The molecule has 2 aromatic carbocycles. The fourth-order valence-electron chi connectivity index (χ4n) is 8.00. The van der Waals surface area contributed by atoms with Gasteiger partial charge in [-0.25, -0.2) is 0 Å². The molecule has 0 radical (unpaired) electrons. The molecule has 0 saturated heterocycles. The van der Waals surface area contributed by atoms with Crippen molar-refractivity contribution in [1.29, 1.82) is 0 Å². The SMILES string of the molecule is NCC1CCC(/C=N/C(=S)C23CC4CC(c5ccccc5)(CC2C4Sc2ccccc2)C3)CC1. The predicted molar refractivity (Wildman–Crippen MR) is 148 cm³/mol. The molecule has 0 heterocycles. The van der Waals surface area contributed by atoms with E-state index in [4.69, 9.17) is 22.9 Å². The van der Waals surface area contributed by atoms with Gasteiger partial charge in [0, 0.05) is 21.8 Å². The first-order chi connectivity index (χ1) is 16.6. The molecule has 2 nitrogen and oxygen atoms in total. The minimum Gasteiger partial charge on any atom is -0.330 e. The van der Waals surface area contributed by atoms with Crippen LogP contribution in [0.3, 0.4) is 0 Å². The first-order valence-electron chi connectivity index (χ1n) is 13.2. The Hall–Kier alpha value is -1.49. The summed E-state index contributed by atoms with van der Waals surface area (Å²) < 4.78 is 0. The van der Waals surface area contributed by atoms with E-state index >= 15 is 0 Å². The second-order valence-corrected chi connectivity index (χ2v) is 13.1. The maximum atomic E-state index is 6.22. The highest BCUT2D eigenvalue weighted by Gasteiger charge is 2.69. The van der Waals surface area contributed by atoms with Gasteiger partial charge in [0.25, 0.3) is 0 Å². The fraction of sp³-hybridized carbons (Fsp3) is 0.533. The number of thiocarbonyl (C=S) groups is 1. The Morgan fingerprint density at radius 1 is 0.971 bits per heavy atom. The second kappa shape index (κ2) is 9.19. The van der Waals surface area contributed by atoms with E-state index in [0.717, 1.165) is 11.5 Å². The van der Waals surface area contributed by atoms with Gasteiger partial charge < -0.3 is 5.73 Å². The monoisotopic (exact) mass is 488 g/mol. The second-order valence-electron chi connectivity index (χ2n) is 11.5. The van der Waals surface area contributed by atoms with E-state index in [0.29, 0.717) is 28.9 Å². The summed E-state index contributed by atoms with van der Waals surface area (Å²) in [7, 11) is 0. The summed E-state index contributed by atoms with van der Waals surface area (Å²) >= 11 is 8.33. The summed E-state index contributed by atoms with van der Waals surface area (Å²) in [4.78, 5) is 7.51. The van der Waals surface area contributed by atoms with Crippen molar-refractivity contribution in [2.75, 3.05) is 6.54 Å². The molecule has 2 aromatic rings. The zero-order chi connectivity index (χ0) is 23.2. The molecule has 5 atom stereocenters. The van der Waals surface area contributed by atoms with E-state index in [-0.39, 0.29) is 10.8 Å². The minimum atomic E-state index is 0.0888. The molecule has 0 spiro atoms. The Morgan fingerprint density at radius 3 is 2.38 bits per heavy atom. The number of nitrogens with zero attached hydrogens (tertiary/aromatic N) is 1. The van der Waals surface area contributed by atoms with Crippen LogP contribution < -0.4 is 5.73 Å². The van der Waals surface area contributed by atoms with Crippen LogP contribution in [0.15, 0.2) is 70.6 Å². The number of hydrogen-bond acceptors (Lipinski definition) is 3. The van der Waals surface area contributed by atoms with Crippen molar-refractivity contribution in [1.82, 2.24) is 0 Å². The van der Waals surface area contributed by atoms with E-state index in [1.165, 1.54) is 61.8 Å². The van der Waals surface area contributed by atoms with Crippen LogP contribution in [-0.2, 0) is 5.41 Å². The van der Waals surface area contributed by atoms with Crippen molar-refractivity contribution in [3.8, 4) is 0 Å².